The SMILES string of the molecule is Cc1c(-n2ccn(Cc3ccccc3)c2=S)[nH]c2ccccc12. The molecule has 2 heterocycles. The molecule has 0 aliphatic heterocycles. The lowest BCUT2D eigenvalue weighted by Crippen LogP contribution is -2.01. The Kier molecular flexibility index (Phi) is 3.39. The molecule has 0 fully saturated rings. The maximum Gasteiger partial charge on any atom is 0.185 e. The van der Waals surface area contributed by atoms with Crippen LogP contribution in [0.3, 0.4) is 0 Å². The fraction of sp³-hybridized carbons (Fsp3) is 0.105. The van der Waals surface area contributed by atoms with E-state index < -0.39 is 0 Å². The second kappa shape index (κ2) is 5.56. The Bertz CT molecular complexity index is 1020. The minimum Gasteiger partial charge on any atom is -0.341 e. The van der Waals surface area contributed by atoms with Crippen LogP contribution >= 0.6 is 12.2 Å². The monoisotopic (exact) mass is 319 g/mol. The zero-order chi connectivity index (χ0) is 15.8. The summed E-state index contributed by atoms with van der Waals surface area (Å²) in [6, 6.07) is 18.7. The third-order valence-electron chi connectivity index (χ3n) is 4.22. The molecule has 0 aliphatic rings. The highest BCUT2D eigenvalue weighted by atomic mass is 32.1. The van der Waals surface area contributed by atoms with E-state index in [-0.39, 0.29) is 0 Å². The Morgan fingerprint density at radius 1 is 0.957 bits per heavy atom. The van der Waals surface area contributed by atoms with Gasteiger partial charge in [0.1, 0.15) is 5.82 Å². The number of H-pyrrole nitrogens is 1. The smallest absolute Gasteiger partial charge is 0.185 e. The maximum atomic E-state index is 5.68. The molecular weight excluding hydrogens is 302 g/mol. The van der Waals surface area contributed by atoms with Crippen molar-refractivity contribution in [2.24, 2.45) is 0 Å². The third kappa shape index (κ3) is 2.41. The molecule has 2 aromatic heterocycles. The Hall–Kier alpha value is -2.59. The molecule has 0 bridgehead atoms. The first kappa shape index (κ1) is 14.0. The molecule has 4 heteroatoms. The quantitative estimate of drug-likeness (QED) is 0.537. The normalized spacial score (nSPS) is 11.2. The number of nitrogens with zero attached hydrogens (tertiary/aromatic N) is 2. The fourth-order valence-electron chi connectivity index (χ4n) is 2.99. The highest BCUT2D eigenvalue weighted by Crippen LogP contribution is 2.24. The number of aromatic amines is 1. The van der Waals surface area contributed by atoms with Gasteiger partial charge in [-0.25, -0.2) is 0 Å². The van der Waals surface area contributed by atoms with E-state index in [2.05, 4.69) is 58.9 Å². The number of aromatic nitrogens is 3. The molecule has 0 atom stereocenters. The highest BCUT2D eigenvalue weighted by molar-refractivity contribution is 7.71. The molecule has 0 saturated carbocycles. The van der Waals surface area contributed by atoms with Crippen molar-refractivity contribution in [3.05, 3.63) is 82.9 Å². The van der Waals surface area contributed by atoms with E-state index in [9.17, 15) is 0 Å². The summed E-state index contributed by atoms with van der Waals surface area (Å²) in [6.45, 7) is 2.91. The number of nitrogens with one attached hydrogen (secondary N) is 1. The van der Waals surface area contributed by atoms with Crippen LogP contribution in [0.2, 0.25) is 0 Å². The minimum atomic E-state index is 0.784. The molecule has 114 valence electrons. The number of hydrogen-bond acceptors (Lipinski definition) is 1. The van der Waals surface area contributed by atoms with Crippen LogP contribution in [0.15, 0.2) is 67.0 Å². The van der Waals surface area contributed by atoms with Crippen molar-refractivity contribution in [1.29, 1.82) is 0 Å². The van der Waals surface area contributed by atoms with Gasteiger partial charge in [0.25, 0.3) is 0 Å². The summed E-state index contributed by atoms with van der Waals surface area (Å²) < 4.78 is 4.94. The molecule has 2 aromatic carbocycles. The molecule has 4 rings (SSSR count). The van der Waals surface area contributed by atoms with Gasteiger partial charge in [0.2, 0.25) is 0 Å². The van der Waals surface area contributed by atoms with Gasteiger partial charge in [-0.05, 0) is 36.3 Å². The predicted octanol–water partition coefficient (Wildman–Crippen LogP) is 4.85. The van der Waals surface area contributed by atoms with Gasteiger partial charge < -0.3 is 9.55 Å². The van der Waals surface area contributed by atoms with Crippen LogP contribution in [-0.2, 0) is 6.54 Å². The van der Waals surface area contributed by atoms with Crippen molar-refractivity contribution in [3.63, 3.8) is 0 Å². The average molecular weight is 319 g/mol. The largest absolute Gasteiger partial charge is 0.341 e. The third-order valence-corrected chi connectivity index (χ3v) is 4.65. The summed E-state index contributed by atoms with van der Waals surface area (Å²) in [5, 5.41) is 1.24. The number of hydrogen-bond donors (Lipinski definition) is 1. The molecule has 0 saturated heterocycles. The van der Waals surface area contributed by atoms with E-state index in [0.29, 0.717) is 0 Å². The minimum absolute atomic E-state index is 0.784. The van der Waals surface area contributed by atoms with E-state index in [1.54, 1.807) is 0 Å². The van der Waals surface area contributed by atoms with Crippen LogP contribution in [0.1, 0.15) is 11.1 Å². The van der Waals surface area contributed by atoms with Crippen LogP contribution in [-0.4, -0.2) is 14.1 Å². The molecule has 0 spiro atoms. The summed E-state index contributed by atoms with van der Waals surface area (Å²) in [7, 11) is 0. The lowest BCUT2D eigenvalue weighted by atomic mass is 10.2. The number of rotatable bonds is 3. The molecule has 23 heavy (non-hydrogen) atoms. The van der Waals surface area contributed by atoms with E-state index in [4.69, 9.17) is 12.2 Å². The standard InChI is InChI=1S/C19H17N3S/c1-14-16-9-5-6-10-17(16)20-18(14)22-12-11-21(19(22)23)13-15-7-3-2-4-8-15/h2-12,20H,13H2,1H3. The first-order chi connectivity index (χ1) is 11.2. The predicted molar refractivity (Wildman–Crippen MR) is 96.7 cm³/mol. The van der Waals surface area contributed by atoms with Gasteiger partial charge in [0.05, 0.1) is 0 Å². The zero-order valence-electron chi connectivity index (χ0n) is 12.9. The number of aryl methyl sites for hydroxylation is 1. The molecule has 0 unspecified atom stereocenters. The number of imidazole rings is 1. The van der Waals surface area contributed by atoms with Crippen LogP contribution in [0.25, 0.3) is 16.7 Å². The van der Waals surface area contributed by atoms with Crippen LogP contribution in [0, 0.1) is 11.7 Å². The first-order valence-electron chi connectivity index (χ1n) is 7.63. The Balaban J connectivity index is 1.78. The Morgan fingerprint density at radius 3 is 2.48 bits per heavy atom. The topological polar surface area (TPSA) is 25.6 Å². The number of fused-ring (bicyclic) bond motifs is 1. The summed E-state index contributed by atoms with van der Waals surface area (Å²) in [5.41, 5.74) is 3.60. The lowest BCUT2D eigenvalue weighted by Gasteiger charge is -2.04. The Morgan fingerprint density at radius 2 is 1.70 bits per heavy atom. The second-order valence-electron chi connectivity index (χ2n) is 5.71. The van der Waals surface area contributed by atoms with E-state index >= 15 is 0 Å². The van der Waals surface area contributed by atoms with Gasteiger partial charge >= 0.3 is 0 Å². The van der Waals surface area contributed by atoms with E-state index in [0.717, 1.165) is 22.7 Å². The summed E-state index contributed by atoms with van der Waals surface area (Å²) in [6.07, 6.45) is 4.07. The van der Waals surface area contributed by atoms with Gasteiger partial charge in [0.15, 0.2) is 4.77 Å². The van der Waals surface area contributed by atoms with Crippen LogP contribution < -0.4 is 0 Å². The Labute approximate surface area is 139 Å². The molecule has 4 aromatic rings. The summed E-state index contributed by atoms with van der Waals surface area (Å²) in [5.74, 6) is 1.04. The highest BCUT2D eigenvalue weighted by Gasteiger charge is 2.11. The average Bonchev–Trinajstić information content (AvgIpc) is 3.10. The molecule has 3 nitrogen and oxygen atoms in total. The number of para-hydroxylation sites is 1. The van der Waals surface area contributed by atoms with Crippen LogP contribution in [0.4, 0.5) is 0 Å². The van der Waals surface area contributed by atoms with Gasteiger partial charge in [-0.1, -0.05) is 48.5 Å². The van der Waals surface area contributed by atoms with Crippen molar-refractivity contribution in [3.8, 4) is 5.82 Å². The molecular formula is C19H17N3S. The number of benzene rings is 2. The van der Waals surface area contributed by atoms with Crippen molar-refractivity contribution >= 4 is 23.1 Å². The van der Waals surface area contributed by atoms with Crippen molar-refractivity contribution in [1.82, 2.24) is 14.1 Å². The molecule has 0 amide bonds. The van der Waals surface area contributed by atoms with Gasteiger partial charge in [-0.15, -0.1) is 0 Å². The molecule has 1 N–H and O–H groups in total. The van der Waals surface area contributed by atoms with E-state index in [1.807, 2.05) is 29.1 Å². The zero-order valence-corrected chi connectivity index (χ0v) is 13.7. The summed E-state index contributed by atoms with van der Waals surface area (Å²) >= 11 is 5.68. The first-order valence-corrected chi connectivity index (χ1v) is 8.04. The van der Waals surface area contributed by atoms with Gasteiger partial charge in [-0.2, -0.15) is 0 Å². The molecule has 0 aliphatic carbocycles. The van der Waals surface area contributed by atoms with Gasteiger partial charge in [-0.3, -0.25) is 4.57 Å². The van der Waals surface area contributed by atoms with Crippen molar-refractivity contribution in [2.75, 3.05) is 0 Å². The summed E-state index contributed by atoms with van der Waals surface area (Å²) in [4.78, 5) is 3.48. The second-order valence-corrected chi connectivity index (χ2v) is 6.07. The lowest BCUT2D eigenvalue weighted by molar-refractivity contribution is 0.765. The van der Waals surface area contributed by atoms with Crippen molar-refractivity contribution < 1.29 is 0 Å². The van der Waals surface area contributed by atoms with Crippen LogP contribution in [0.5, 0.6) is 0 Å². The van der Waals surface area contributed by atoms with E-state index in [1.165, 1.54) is 16.5 Å². The maximum absolute atomic E-state index is 5.68. The fourth-order valence-corrected chi connectivity index (χ4v) is 3.27. The van der Waals surface area contributed by atoms with Gasteiger partial charge in [0, 0.05) is 29.8 Å². The van der Waals surface area contributed by atoms with Crippen molar-refractivity contribution in [2.45, 2.75) is 13.5 Å². The molecule has 0 radical (unpaired) electrons.